The van der Waals surface area contributed by atoms with E-state index in [4.69, 9.17) is 9.84 Å². The van der Waals surface area contributed by atoms with Crippen LogP contribution in [0.4, 0.5) is 0 Å². The van der Waals surface area contributed by atoms with Gasteiger partial charge in [0.05, 0.1) is 13.2 Å². The van der Waals surface area contributed by atoms with Crippen molar-refractivity contribution in [1.29, 1.82) is 0 Å². The molecule has 0 spiro atoms. The molecule has 0 fully saturated rings. The Kier molecular flexibility index (Phi) is 3.11. The molecule has 1 rings (SSSR count). The summed E-state index contributed by atoms with van der Waals surface area (Å²) in [5, 5.41) is 8.99. The Labute approximate surface area is 72.8 Å². The first kappa shape index (κ1) is 9.07. The van der Waals surface area contributed by atoms with Gasteiger partial charge in [0.25, 0.3) is 0 Å². The molecular formula is C10H13O2. The average Bonchev–Trinajstić information content (AvgIpc) is 2.05. The Morgan fingerprint density at radius 3 is 2.42 bits per heavy atom. The van der Waals surface area contributed by atoms with Crippen LogP contribution < -0.4 is 4.74 Å². The van der Waals surface area contributed by atoms with Crippen molar-refractivity contribution in [2.75, 3.05) is 7.11 Å². The topological polar surface area (TPSA) is 29.5 Å². The standard InChI is InChI=1S/C10H13O2/c1-8(11)7-9-3-5-10(12-2)6-4-9/h3-6,8,11H,1,7H2,2H3. The van der Waals surface area contributed by atoms with Gasteiger partial charge in [0.15, 0.2) is 0 Å². The summed E-state index contributed by atoms with van der Waals surface area (Å²) in [6, 6.07) is 7.59. The van der Waals surface area contributed by atoms with Gasteiger partial charge in [-0.3, -0.25) is 0 Å². The average molecular weight is 165 g/mol. The van der Waals surface area contributed by atoms with Gasteiger partial charge >= 0.3 is 0 Å². The number of rotatable bonds is 3. The van der Waals surface area contributed by atoms with E-state index < -0.39 is 6.10 Å². The number of ether oxygens (including phenoxy) is 1. The van der Waals surface area contributed by atoms with Crippen molar-refractivity contribution >= 4 is 0 Å². The summed E-state index contributed by atoms with van der Waals surface area (Å²) in [6.45, 7) is 3.50. The van der Waals surface area contributed by atoms with Crippen LogP contribution in [-0.2, 0) is 6.42 Å². The first-order chi connectivity index (χ1) is 5.72. The summed E-state index contributed by atoms with van der Waals surface area (Å²) in [4.78, 5) is 0. The van der Waals surface area contributed by atoms with Crippen molar-refractivity contribution < 1.29 is 9.84 Å². The summed E-state index contributed by atoms with van der Waals surface area (Å²) in [5.74, 6) is 0.831. The van der Waals surface area contributed by atoms with Crippen LogP contribution in [0.1, 0.15) is 5.56 Å². The molecule has 1 radical (unpaired) electrons. The van der Waals surface area contributed by atoms with Gasteiger partial charge in [-0.1, -0.05) is 12.1 Å². The zero-order valence-electron chi connectivity index (χ0n) is 7.16. The van der Waals surface area contributed by atoms with Gasteiger partial charge in [0, 0.05) is 0 Å². The van der Waals surface area contributed by atoms with Crippen molar-refractivity contribution in [1.82, 2.24) is 0 Å². The Hall–Kier alpha value is -1.02. The third kappa shape index (κ3) is 2.55. The molecule has 1 aromatic carbocycles. The van der Waals surface area contributed by atoms with E-state index in [9.17, 15) is 0 Å². The number of aliphatic hydroxyl groups is 1. The van der Waals surface area contributed by atoms with Gasteiger partial charge < -0.3 is 9.84 Å². The maximum Gasteiger partial charge on any atom is 0.118 e. The maximum absolute atomic E-state index is 8.99. The summed E-state index contributed by atoms with van der Waals surface area (Å²) >= 11 is 0. The van der Waals surface area contributed by atoms with Crippen molar-refractivity contribution in [2.24, 2.45) is 0 Å². The molecule has 1 aromatic rings. The van der Waals surface area contributed by atoms with Gasteiger partial charge in [-0.25, -0.2) is 0 Å². The van der Waals surface area contributed by atoms with Gasteiger partial charge in [-0.15, -0.1) is 0 Å². The first-order valence-corrected chi connectivity index (χ1v) is 3.86. The van der Waals surface area contributed by atoms with E-state index in [1.165, 1.54) is 0 Å². The molecule has 1 N–H and O–H groups in total. The van der Waals surface area contributed by atoms with E-state index in [0.29, 0.717) is 6.42 Å². The van der Waals surface area contributed by atoms with Crippen molar-refractivity contribution in [3.05, 3.63) is 36.8 Å². The second-order valence-electron chi connectivity index (χ2n) is 2.71. The Morgan fingerprint density at radius 2 is 2.00 bits per heavy atom. The zero-order chi connectivity index (χ0) is 8.97. The normalized spacial score (nSPS) is 12.6. The molecule has 0 bridgehead atoms. The molecule has 0 heterocycles. The minimum Gasteiger partial charge on any atom is -0.497 e. The number of hydrogen-bond donors (Lipinski definition) is 1. The molecule has 0 aliphatic heterocycles. The lowest BCUT2D eigenvalue weighted by atomic mass is 10.1. The monoisotopic (exact) mass is 165 g/mol. The summed E-state index contributed by atoms with van der Waals surface area (Å²) < 4.78 is 5.00. The van der Waals surface area contributed by atoms with Gasteiger partial charge in [-0.2, -0.15) is 0 Å². The van der Waals surface area contributed by atoms with Gasteiger partial charge in [0.1, 0.15) is 5.75 Å². The van der Waals surface area contributed by atoms with Crippen LogP contribution >= 0.6 is 0 Å². The lowest BCUT2D eigenvalue weighted by molar-refractivity contribution is 0.221. The highest BCUT2D eigenvalue weighted by Gasteiger charge is 1.98. The maximum atomic E-state index is 8.99. The minimum absolute atomic E-state index is 0.529. The Bertz CT molecular complexity index is 226. The van der Waals surface area contributed by atoms with Gasteiger partial charge in [-0.05, 0) is 31.0 Å². The van der Waals surface area contributed by atoms with Crippen LogP contribution in [0.3, 0.4) is 0 Å². The van der Waals surface area contributed by atoms with Crippen LogP contribution in [0.5, 0.6) is 5.75 Å². The SMILES string of the molecule is [CH2]C(O)Cc1ccc(OC)cc1. The third-order valence-electron chi connectivity index (χ3n) is 1.63. The summed E-state index contributed by atoms with van der Waals surface area (Å²) in [6.07, 6.45) is 0.0580. The fraction of sp³-hybridized carbons (Fsp3) is 0.300. The molecule has 0 saturated heterocycles. The van der Waals surface area contributed by atoms with Crippen molar-refractivity contribution in [2.45, 2.75) is 12.5 Å². The molecule has 0 amide bonds. The molecule has 1 atom stereocenters. The van der Waals surface area contributed by atoms with Crippen LogP contribution in [0, 0.1) is 6.92 Å². The number of aliphatic hydroxyl groups excluding tert-OH is 1. The third-order valence-corrected chi connectivity index (χ3v) is 1.63. The van der Waals surface area contributed by atoms with Crippen LogP contribution in [0.2, 0.25) is 0 Å². The van der Waals surface area contributed by atoms with Crippen molar-refractivity contribution in [3.8, 4) is 5.75 Å². The second-order valence-corrected chi connectivity index (χ2v) is 2.71. The number of benzene rings is 1. The molecule has 0 aromatic heterocycles. The lowest BCUT2D eigenvalue weighted by Crippen LogP contribution is -2.04. The molecule has 2 nitrogen and oxygen atoms in total. The fourth-order valence-corrected chi connectivity index (χ4v) is 1.03. The number of hydrogen-bond acceptors (Lipinski definition) is 2. The highest BCUT2D eigenvalue weighted by molar-refractivity contribution is 5.27. The van der Waals surface area contributed by atoms with E-state index in [1.807, 2.05) is 24.3 Å². The van der Waals surface area contributed by atoms with Crippen LogP contribution in [0.25, 0.3) is 0 Å². The van der Waals surface area contributed by atoms with Crippen LogP contribution in [0.15, 0.2) is 24.3 Å². The molecule has 1 unspecified atom stereocenters. The van der Waals surface area contributed by atoms with E-state index in [2.05, 4.69) is 6.92 Å². The molecular weight excluding hydrogens is 152 g/mol. The van der Waals surface area contributed by atoms with Gasteiger partial charge in [0.2, 0.25) is 0 Å². The highest BCUT2D eigenvalue weighted by Crippen LogP contribution is 2.12. The van der Waals surface area contributed by atoms with E-state index in [0.717, 1.165) is 11.3 Å². The van der Waals surface area contributed by atoms with Crippen molar-refractivity contribution in [3.63, 3.8) is 0 Å². The Balaban J connectivity index is 2.65. The second kappa shape index (κ2) is 4.12. The predicted octanol–water partition coefficient (Wildman–Crippen LogP) is 1.43. The molecule has 12 heavy (non-hydrogen) atoms. The molecule has 65 valence electrons. The molecule has 0 saturated carbocycles. The fourth-order valence-electron chi connectivity index (χ4n) is 1.03. The number of methoxy groups -OCH3 is 1. The van der Waals surface area contributed by atoms with Crippen LogP contribution in [-0.4, -0.2) is 18.3 Å². The van der Waals surface area contributed by atoms with E-state index in [-0.39, 0.29) is 0 Å². The highest BCUT2D eigenvalue weighted by atomic mass is 16.5. The summed E-state index contributed by atoms with van der Waals surface area (Å²) in [5.41, 5.74) is 1.07. The molecule has 2 heteroatoms. The quantitative estimate of drug-likeness (QED) is 0.734. The largest absolute Gasteiger partial charge is 0.497 e. The smallest absolute Gasteiger partial charge is 0.118 e. The lowest BCUT2D eigenvalue weighted by Gasteiger charge is -2.04. The first-order valence-electron chi connectivity index (χ1n) is 3.86. The van der Waals surface area contributed by atoms with E-state index >= 15 is 0 Å². The zero-order valence-corrected chi connectivity index (χ0v) is 7.16. The minimum atomic E-state index is -0.529. The van der Waals surface area contributed by atoms with E-state index in [1.54, 1.807) is 7.11 Å². The molecule has 0 aliphatic carbocycles. The summed E-state index contributed by atoms with van der Waals surface area (Å²) in [7, 11) is 1.63. The Morgan fingerprint density at radius 1 is 1.42 bits per heavy atom. The predicted molar refractivity (Wildman–Crippen MR) is 48.1 cm³/mol. The molecule has 0 aliphatic rings.